The van der Waals surface area contributed by atoms with E-state index < -0.39 is 9.84 Å². The van der Waals surface area contributed by atoms with Crippen LogP contribution in [-0.2, 0) is 14.6 Å². The molecule has 0 unspecified atom stereocenters. The largest absolute Gasteiger partial charge is 0.326 e. The van der Waals surface area contributed by atoms with Crippen LogP contribution in [0.3, 0.4) is 0 Å². The summed E-state index contributed by atoms with van der Waals surface area (Å²) in [5, 5.41) is 12.3. The van der Waals surface area contributed by atoms with E-state index in [1.54, 1.807) is 4.90 Å². The fourth-order valence-electron chi connectivity index (χ4n) is 4.15. The Morgan fingerprint density at radius 3 is 2.55 bits per heavy atom. The van der Waals surface area contributed by atoms with Gasteiger partial charge in [0.1, 0.15) is 6.04 Å². The maximum atomic E-state index is 12.2. The van der Waals surface area contributed by atoms with Crippen LogP contribution in [-0.4, -0.2) is 55.9 Å². The zero-order valence-corrected chi connectivity index (χ0v) is 13.6. The monoisotopic (exact) mass is 325 g/mol. The Balaban J connectivity index is 1.42. The van der Waals surface area contributed by atoms with Crippen molar-refractivity contribution in [3.05, 3.63) is 0 Å². The molecule has 2 aliphatic heterocycles. The van der Waals surface area contributed by atoms with Crippen LogP contribution in [0.1, 0.15) is 38.5 Å². The van der Waals surface area contributed by atoms with Crippen molar-refractivity contribution in [3.8, 4) is 6.07 Å². The molecular weight excluding hydrogens is 302 g/mol. The van der Waals surface area contributed by atoms with Gasteiger partial charge in [-0.3, -0.25) is 4.79 Å². The van der Waals surface area contributed by atoms with Gasteiger partial charge in [-0.2, -0.15) is 5.26 Å². The lowest BCUT2D eigenvalue weighted by Crippen LogP contribution is -2.53. The van der Waals surface area contributed by atoms with Crippen molar-refractivity contribution in [3.63, 3.8) is 0 Å². The molecule has 1 aliphatic carbocycles. The molecule has 3 aliphatic rings. The first-order valence-electron chi connectivity index (χ1n) is 8.06. The minimum atomic E-state index is -2.76. The Labute approximate surface area is 131 Å². The molecule has 1 N–H and O–H groups in total. The number of amides is 1. The van der Waals surface area contributed by atoms with Gasteiger partial charge in [-0.1, -0.05) is 0 Å². The first-order chi connectivity index (χ1) is 10.4. The van der Waals surface area contributed by atoms with E-state index in [0.717, 1.165) is 38.5 Å². The van der Waals surface area contributed by atoms with E-state index in [9.17, 15) is 13.2 Å². The van der Waals surface area contributed by atoms with Gasteiger partial charge in [-0.25, -0.2) is 8.42 Å². The van der Waals surface area contributed by atoms with E-state index in [-0.39, 0.29) is 23.9 Å². The standard InChI is InChI=1S/C15H23N3O3S/c16-8-13-2-1-7-18(13)14(19)9-17-12-3-5-15(6-4-12)10-22(20,21)11-15/h12-13,17H,1-7,9-11H2/t13-/m0/s1. The van der Waals surface area contributed by atoms with E-state index in [2.05, 4.69) is 11.4 Å². The zero-order chi connectivity index (χ0) is 15.8. The summed E-state index contributed by atoms with van der Waals surface area (Å²) >= 11 is 0. The summed E-state index contributed by atoms with van der Waals surface area (Å²) in [4.78, 5) is 13.8. The maximum absolute atomic E-state index is 12.2. The molecule has 0 radical (unpaired) electrons. The van der Waals surface area contributed by atoms with Crippen molar-refractivity contribution in [1.29, 1.82) is 5.26 Å². The highest BCUT2D eigenvalue weighted by atomic mass is 32.2. The van der Waals surface area contributed by atoms with Gasteiger partial charge in [0.05, 0.1) is 24.1 Å². The summed E-state index contributed by atoms with van der Waals surface area (Å²) in [5.74, 6) is 0.711. The number of rotatable bonds is 3. The van der Waals surface area contributed by atoms with Gasteiger partial charge < -0.3 is 10.2 Å². The summed E-state index contributed by atoms with van der Waals surface area (Å²) < 4.78 is 22.7. The number of hydrogen-bond donors (Lipinski definition) is 1. The summed E-state index contributed by atoms with van der Waals surface area (Å²) in [6, 6.07) is 2.22. The minimum Gasteiger partial charge on any atom is -0.326 e. The first kappa shape index (κ1) is 15.8. The average Bonchev–Trinajstić information content (AvgIpc) is 2.93. The smallest absolute Gasteiger partial charge is 0.237 e. The van der Waals surface area contributed by atoms with E-state index in [0.29, 0.717) is 24.1 Å². The van der Waals surface area contributed by atoms with Crippen molar-refractivity contribution < 1.29 is 13.2 Å². The Hall–Kier alpha value is -1.13. The normalized spacial score (nSPS) is 30.0. The highest BCUT2D eigenvalue weighted by Gasteiger charge is 2.49. The number of nitrogens with one attached hydrogen (secondary N) is 1. The fraction of sp³-hybridized carbons (Fsp3) is 0.867. The van der Waals surface area contributed by atoms with Crippen molar-refractivity contribution in [2.24, 2.45) is 5.41 Å². The third-order valence-corrected chi connectivity index (χ3v) is 7.47. The Morgan fingerprint density at radius 2 is 1.95 bits per heavy atom. The summed E-state index contributed by atoms with van der Waals surface area (Å²) in [6.07, 6.45) is 5.42. The highest BCUT2D eigenvalue weighted by molar-refractivity contribution is 7.92. The van der Waals surface area contributed by atoms with Crippen LogP contribution in [0.25, 0.3) is 0 Å². The highest BCUT2D eigenvalue weighted by Crippen LogP contribution is 2.45. The molecule has 2 saturated heterocycles. The zero-order valence-electron chi connectivity index (χ0n) is 12.8. The van der Waals surface area contributed by atoms with E-state index in [1.807, 2.05) is 0 Å². The van der Waals surface area contributed by atoms with Crippen molar-refractivity contribution in [1.82, 2.24) is 10.2 Å². The summed E-state index contributed by atoms with van der Waals surface area (Å²) in [7, 11) is -2.76. The molecule has 1 atom stereocenters. The first-order valence-corrected chi connectivity index (χ1v) is 9.88. The van der Waals surface area contributed by atoms with Gasteiger partial charge in [0, 0.05) is 12.6 Å². The molecule has 22 heavy (non-hydrogen) atoms. The third kappa shape index (κ3) is 3.13. The Morgan fingerprint density at radius 1 is 1.27 bits per heavy atom. The number of nitriles is 1. The second kappa shape index (κ2) is 5.82. The van der Waals surface area contributed by atoms with Gasteiger partial charge in [-0.05, 0) is 43.9 Å². The van der Waals surface area contributed by atoms with Crippen molar-refractivity contribution in [2.45, 2.75) is 50.6 Å². The molecule has 122 valence electrons. The van der Waals surface area contributed by atoms with Gasteiger partial charge in [0.15, 0.2) is 9.84 Å². The van der Waals surface area contributed by atoms with E-state index in [1.165, 1.54) is 0 Å². The van der Waals surface area contributed by atoms with Crippen LogP contribution in [0.4, 0.5) is 0 Å². The van der Waals surface area contributed by atoms with E-state index in [4.69, 9.17) is 5.26 Å². The van der Waals surface area contributed by atoms with Crippen molar-refractivity contribution in [2.75, 3.05) is 24.6 Å². The van der Waals surface area contributed by atoms with Gasteiger partial charge in [0.25, 0.3) is 0 Å². The topological polar surface area (TPSA) is 90.3 Å². The quantitative estimate of drug-likeness (QED) is 0.813. The number of nitrogens with zero attached hydrogens (tertiary/aromatic N) is 2. The Kier molecular flexibility index (Phi) is 4.17. The van der Waals surface area contributed by atoms with Crippen LogP contribution in [0.5, 0.6) is 0 Å². The molecule has 1 saturated carbocycles. The van der Waals surface area contributed by atoms with Crippen molar-refractivity contribution >= 4 is 15.7 Å². The lowest BCUT2D eigenvalue weighted by molar-refractivity contribution is -0.130. The second-order valence-corrected chi connectivity index (χ2v) is 9.13. The molecule has 3 fully saturated rings. The second-order valence-electron chi connectivity index (χ2n) is 7.06. The molecule has 7 heteroatoms. The van der Waals surface area contributed by atoms with Crippen LogP contribution in [0.2, 0.25) is 0 Å². The SMILES string of the molecule is N#C[C@@H]1CCCN1C(=O)CNC1CCC2(CC1)CS(=O)(=O)C2. The number of carbonyl (C=O) groups is 1. The number of carbonyl (C=O) groups excluding carboxylic acids is 1. The summed E-state index contributed by atoms with van der Waals surface area (Å²) in [5.41, 5.74) is 0.0296. The molecule has 0 aromatic carbocycles. The van der Waals surface area contributed by atoms with Gasteiger partial charge >= 0.3 is 0 Å². The molecule has 1 amide bonds. The minimum absolute atomic E-state index is 0.00978. The van der Waals surface area contributed by atoms with Crippen LogP contribution < -0.4 is 5.32 Å². The molecule has 0 aromatic rings. The molecular formula is C15H23N3O3S. The van der Waals surface area contributed by atoms with Crippen LogP contribution in [0.15, 0.2) is 0 Å². The lowest BCUT2D eigenvalue weighted by atomic mass is 9.74. The molecule has 0 bridgehead atoms. The average molecular weight is 325 g/mol. The molecule has 2 heterocycles. The number of hydrogen-bond acceptors (Lipinski definition) is 5. The predicted octanol–water partition coefficient (Wildman–Crippen LogP) is 0.448. The van der Waals surface area contributed by atoms with Gasteiger partial charge in [-0.15, -0.1) is 0 Å². The van der Waals surface area contributed by atoms with Gasteiger partial charge in [0.2, 0.25) is 5.91 Å². The Bertz CT molecular complexity index is 574. The third-order valence-electron chi connectivity index (χ3n) is 5.36. The lowest BCUT2D eigenvalue weighted by Gasteiger charge is -2.46. The molecule has 3 rings (SSSR count). The molecule has 1 spiro atoms. The maximum Gasteiger partial charge on any atom is 0.237 e. The molecule has 0 aromatic heterocycles. The summed E-state index contributed by atoms with van der Waals surface area (Å²) in [6.45, 7) is 0.971. The number of likely N-dealkylation sites (tertiary alicyclic amines) is 1. The predicted molar refractivity (Wildman–Crippen MR) is 81.7 cm³/mol. The molecule has 6 nitrogen and oxygen atoms in total. The van der Waals surface area contributed by atoms with Crippen LogP contribution >= 0.6 is 0 Å². The number of sulfone groups is 1. The van der Waals surface area contributed by atoms with Crippen LogP contribution in [0, 0.1) is 16.7 Å². The fourth-order valence-corrected chi connectivity index (χ4v) is 6.51. The van der Waals surface area contributed by atoms with E-state index >= 15 is 0 Å².